The molecule has 2 aromatic rings. The molecule has 0 saturated carbocycles. The van der Waals surface area contributed by atoms with Crippen LogP contribution in [0.15, 0.2) is 36.5 Å². The van der Waals surface area contributed by atoms with E-state index in [2.05, 4.69) is 51.7 Å². The topological polar surface area (TPSA) is 40.2 Å². The minimum absolute atomic E-state index is 0.632. The van der Waals surface area contributed by atoms with Gasteiger partial charge in [0.1, 0.15) is 5.82 Å². The summed E-state index contributed by atoms with van der Waals surface area (Å²) in [5, 5.41) is 7.13. The van der Waals surface area contributed by atoms with Crippen molar-refractivity contribution in [3.05, 3.63) is 53.2 Å². The lowest BCUT2D eigenvalue weighted by molar-refractivity contribution is 0.421. The third kappa shape index (κ3) is 4.01. The van der Waals surface area contributed by atoms with E-state index < -0.39 is 0 Å². The summed E-state index contributed by atoms with van der Waals surface area (Å²) in [4.78, 5) is 6.95. The maximum absolute atomic E-state index is 4.39. The number of anilines is 2. The van der Waals surface area contributed by atoms with E-state index >= 15 is 0 Å². The predicted octanol–water partition coefficient (Wildman–Crippen LogP) is 3.55. The maximum Gasteiger partial charge on any atom is 0.128 e. The Morgan fingerprint density at radius 3 is 2.77 bits per heavy atom. The number of aromatic nitrogens is 1. The zero-order valence-corrected chi connectivity index (χ0v) is 15.8. The standard InChI is InChI=1S/C22H30N4/c1-17-4-3-11-24-22(17)25-13-12-23-20-9-14-26(15-10-20)21-8-7-18-5-2-6-19(18)16-21/h3-4,7-8,11,16,20,23H,2,5-6,9-10,12-15H2,1H3,(H,24,25). The Balaban J connectivity index is 1.20. The van der Waals surface area contributed by atoms with Gasteiger partial charge in [0.25, 0.3) is 0 Å². The van der Waals surface area contributed by atoms with Crippen LogP contribution in [0.25, 0.3) is 0 Å². The van der Waals surface area contributed by atoms with Crippen molar-refractivity contribution in [1.29, 1.82) is 0 Å². The number of nitrogens with one attached hydrogen (secondary N) is 2. The fraction of sp³-hybridized carbons (Fsp3) is 0.500. The van der Waals surface area contributed by atoms with E-state index in [4.69, 9.17) is 0 Å². The lowest BCUT2D eigenvalue weighted by Crippen LogP contribution is -2.43. The average molecular weight is 351 g/mol. The molecule has 1 aliphatic carbocycles. The van der Waals surface area contributed by atoms with Crippen LogP contribution in [0.5, 0.6) is 0 Å². The first kappa shape index (κ1) is 17.3. The van der Waals surface area contributed by atoms with Crippen molar-refractivity contribution in [2.45, 2.75) is 45.1 Å². The lowest BCUT2D eigenvalue weighted by atomic mass is 10.0. The molecule has 2 N–H and O–H groups in total. The Morgan fingerprint density at radius 1 is 1.08 bits per heavy atom. The van der Waals surface area contributed by atoms with Gasteiger partial charge in [0, 0.05) is 44.1 Å². The van der Waals surface area contributed by atoms with Crippen LogP contribution in [-0.2, 0) is 12.8 Å². The fourth-order valence-electron chi connectivity index (χ4n) is 4.22. The van der Waals surface area contributed by atoms with Crippen LogP contribution in [0.1, 0.15) is 36.0 Å². The summed E-state index contributed by atoms with van der Waals surface area (Å²) < 4.78 is 0. The Bertz CT molecular complexity index is 735. The monoisotopic (exact) mass is 350 g/mol. The van der Waals surface area contributed by atoms with Crippen LogP contribution in [0.3, 0.4) is 0 Å². The molecule has 1 aliphatic heterocycles. The second kappa shape index (κ2) is 8.09. The van der Waals surface area contributed by atoms with E-state index in [-0.39, 0.29) is 0 Å². The van der Waals surface area contributed by atoms with Crippen LogP contribution in [0.2, 0.25) is 0 Å². The Labute approximate surface area is 157 Å². The highest BCUT2D eigenvalue weighted by Gasteiger charge is 2.20. The summed E-state index contributed by atoms with van der Waals surface area (Å²) in [6.45, 7) is 6.31. The third-order valence-corrected chi connectivity index (χ3v) is 5.80. The number of fused-ring (bicyclic) bond motifs is 1. The SMILES string of the molecule is Cc1cccnc1NCCNC1CCN(c2ccc3c(c2)CCC3)CC1. The molecule has 0 atom stereocenters. The van der Waals surface area contributed by atoms with Gasteiger partial charge in [0.05, 0.1) is 0 Å². The number of piperidine rings is 1. The van der Waals surface area contributed by atoms with E-state index in [1.165, 1.54) is 43.4 Å². The third-order valence-electron chi connectivity index (χ3n) is 5.80. The molecule has 1 aromatic heterocycles. The quantitative estimate of drug-likeness (QED) is 0.782. The summed E-state index contributed by atoms with van der Waals surface area (Å²) in [6, 6.07) is 11.8. The van der Waals surface area contributed by atoms with E-state index in [0.717, 1.165) is 32.0 Å². The van der Waals surface area contributed by atoms with Gasteiger partial charge in [-0.3, -0.25) is 0 Å². The highest BCUT2D eigenvalue weighted by atomic mass is 15.1. The molecule has 1 saturated heterocycles. The van der Waals surface area contributed by atoms with Crippen LogP contribution in [0, 0.1) is 6.92 Å². The second-order valence-corrected chi connectivity index (χ2v) is 7.62. The van der Waals surface area contributed by atoms with Crippen molar-refractivity contribution in [1.82, 2.24) is 10.3 Å². The van der Waals surface area contributed by atoms with Gasteiger partial charge in [-0.1, -0.05) is 12.1 Å². The maximum atomic E-state index is 4.39. The van der Waals surface area contributed by atoms with Crippen LogP contribution in [-0.4, -0.2) is 37.2 Å². The van der Waals surface area contributed by atoms with E-state index in [1.807, 2.05) is 12.3 Å². The van der Waals surface area contributed by atoms with Crippen molar-refractivity contribution in [2.24, 2.45) is 0 Å². The first-order valence-electron chi connectivity index (χ1n) is 10.1. The van der Waals surface area contributed by atoms with Gasteiger partial charge in [-0.2, -0.15) is 0 Å². The number of aryl methyl sites for hydroxylation is 3. The molecule has 26 heavy (non-hydrogen) atoms. The lowest BCUT2D eigenvalue weighted by Gasteiger charge is -2.34. The van der Waals surface area contributed by atoms with Gasteiger partial charge in [-0.15, -0.1) is 0 Å². The number of benzene rings is 1. The zero-order valence-electron chi connectivity index (χ0n) is 15.8. The number of nitrogens with zero attached hydrogens (tertiary/aromatic N) is 2. The van der Waals surface area contributed by atoms with E-state index in [9.17, 15) is 0 Å². The molecule has 1 fully saturated rings. The summed E-state index contributed by atoms with van der Waals surface area (Å²) in [5.74, 6) is 1.00. The molecule has 0 radical (unpaired) electrons. The van der Waals surface area contributed by atoms with Crippen molar-refractivity contribution in [3.8, 4) is 0 Å². The molecule has 0 spiro atoms. The highest BCUT2D eigenvalue weighted by Crippen LogP contribution is 2.28. The first-order chi connectivity index (χ1) is 12.8. The summed E-state index contributed by atoms with van der Waals surface area (Å²) in [6.07, 6.45) is 8.16. The minimum Gasteiger partial charge on any atom is -0.371 e. The molecule has 0 bridgehead atoms. The summed E-state index contributed by atoms with van der Waals surface area (Å²) in [5.41, 5.74) is 5.78. The fourth-order valence-corrected chi connectivity index (χ4v) is 4.22. The Morgan fingerprint density at radius 2 is 1.92 bits per heavy atom. The van der Waals surface area contributed by atoms with Crippen molar-refractivity contribution < 1.29 is 0 Å². The molecule has 4 nitrogen and oxygen atoms in total. The summed E-state index contributed by atoms with van der Waals surface area (Å²) >= 11 is 0. The average Bonchev–Trinajstić information content (AvgIpc) is 3.15. The molecular weight excluding hydrogens is 320 g/mol. The molecule has 138 valence electrons. The van der Waals surface area contributed by atoms with Crippen molar-refractivity contribution in [2.75, 3.05) is 36.4 Å². The normalized spacial score (nSPS) is 17.3. The van der Waals surface area contributed by atoms with Gasteiger partial charge in [0.2, 0.25) is 0 Å². The number of hydrogen-bond donors (Lipinski definition) is 2. The number of rotatable bonds is 6. The highest BCUT2D eigenvalue weighted by molar-refractivity contribution is 5.52. The Hall–Kier alpha value is -2.07. The van der Waals surface area contributed by atoms with Gasteiger partial charge >= 0.3 is 0 Å². The molecular formula is C22H30N4. The first-order valence-corrected chi connectivity index (χ1v) is 10.1. The smallest absolute Gasteiger partial charge is 0.128 e. The van der Waals surface area contributed by atoms with Crippen molar-refractivity contribution in [3.63, 3.8) is 0 Å². The van der Waals surface area contributed by atoms with Crippen LogP contribution < -0.4 is 15.5 Å². The predicted molar refractivity (Wildman–Crippen MR) is 109 cm³/mol. The van der Waals surface area contributed by atoms with Crippen LogP contribution in [0.4, 0.5) is 11.5 Å². The van der Waals surface area contributed by atoms with Crippen LogP contribution >= 0.6 is 0 Å². The molecule has 4 heteroatoms. The molecule has 4 rings (SSSR count). The van der Waals surface area contributed by atoms with Gasteiger partial charge < -0.3 is 15.5 Å². The van der Waals surface area contributed by atoms with E-state index in [1.54, 1.807) is 11.1 Å². The van der Waals surface area contributed by atoms with Gasteiger partial charge in [0.15, 0.2) is 0 Å². The van der Waals surface area contributed by atoms with Crippen molar-refractivity contribution >= 4 is 11.5 Å². The molecule has 1 aromatic carbocycles. The number of pyridine rings is 1. The van der Waals surface area contributed by atoms with Gasteiger partial charge in [-0.05, 0) is 73.9 Å². The van der Waals surface area contributed by atoms with Gasteiger partial charge in [-0.25, -0.2) is 4.98 Å². The largest absolute Gasteiger partial charge is 0.371 e. The zero-order chi connectivity index (χ0) is 17.8. The molecule has 0 unspecified atom stereocenters. The Kier molecular flexibility index (Phi) is 5.40. The minimum atomic E-state index is 0.632. The second-order valence-electron chi connectivity index (χ2n) is 7.62. The number of hydrogen-bond acceptors (Lipinski definition) is 4. The van der Waals surface area contributed by atoms with E-state index in [0.29, 0.717) is 6.04 Å². The summed E-state index contributed by atoms with van der Waals surface area (Å²) in [7, 11) is 0. The molecule has 0 amide bonds. The molecule has 2 heterocycles. The molecule has 2 aliphatic rings.